The number of nitrogens with zero attached hydrogens (tertiary/aromatic N) is 3. The highest BCUT2D eigenvalue weighted by atomic mass is 32.2. The molecule has 0 spiro atoms. The second-order valence-electron chi connectivity index (χ2n) is 6.09. The van der Waals surface area contributed by atoms with Crippen molar-refractivity contribution in [3.05, 3.63) is 36.0 Å². The zero-order valence-electron chi connectivity index (χ0n) is 12.4. The number of rotatable bonds is 2. The fourth-order valence-electron chi connectivity index (χ4n) is 2.08. The minimum Gasteiger partial charge on any atom is -0.223 e. The average molecular weight is 336 g/mol. The standard InChI is InChI=1S/C14H16N4O2S2/c1-14(2,3)10-6-4-9(5-7-10)11-8-18-12(16-11)21-13(17-18)22(15,19)20/h4-8H,1-3H3,(H2,15,19,20). The smallest absolute Gasteiger partial charge is 0.223 e. The summed E-state index contributed by atoms with van der Waals surface area (Å²) in [6.07, 6.45) is 1.70. The van der Waals surface area contributed by atoms with E-state index in [0.717, 1.165) is 22.6 Å². The summed E-state index contributed by atoms with van der Waals surface area (Å²) >= 11 is 0.955. The molecule has 2 heterocycles. The maximum atomic E-state index is 11.3. The molecule has 2 N–H and O–H groups in total. The molecule has 3 rings (SSSR count). The molecule has 0 atom stereocenters. The Bertz CT molecular complexity index is 900. The fraction of sp³-hybridized carbons (Fsp3) is 0.286. The van der Waals surface area contributed by atoms with Crippen molar-refractivity contribution in [1.82, 2.24) is 14.6 Å². The van der Waals surface area contributed by atoms with E-state index >= 15 is 0 Å². The van der Waals surface area contributed by atoms with Crippen LogP contribution in [0.3, 0.4) is 0 Å². The first-order chi connectivity index (χ1) is 10.1. The number of aromatic nitrogens is 3. The molecular formula is C14H16N4O2S2. The third-order valence-corrected chi connectivity index (χ3v) is 5.55. The number of hydrogen-bond donors (Lipinski definition) is 1. The molecule has 0 bridgehead atoms. The molecule has 0 aliphatic heterocycles. The quantitative estimate of drug-likeness (QED) is 0.778. The Balaban J connectivity index is 1.99. The van der Waals surface area contributed by atoms with Crippen LogP contribution < -0.4 is 5.14 Å². The summed E-state index contributed by atoms with van der Waals surface area (Å²) in [6, 6.07) is 8.17. The van der Waals surface area contributed by atoms with Crippen molar-refractivity contribution in [2.24, 2.45) is 5.14 Å². The van der Waals surface area contributed by atoms with Crippen LogP contribution in [0, 0.1) is 0 Å². The van der Waals surface area contributed by atoms with Crippen LogP contribution in [0.15, 0.2) is 34.8 Å². The summed E-state index contributed by atoms with van der Waals surface area (Å²) in [6.45, 7) is 6.48. The summed E-state index contributed by atoms with van der Waals surface area (Å²) in [5.41, 5.74) is 3.05. The van der Waals surface area contributed by atoms with Crippen molar-refractivity contribution >= 4 is 26.3 Å². The van der Waals surface area contributed by atoms with Gasteiger partial charge in [-0.3, -0.25) is 0 Å². The van der Waals surface area contributed by atoms with E-state index in [9.17, 15) is 8.42 Å². The van der Waals surface area contributed by atoms with E-state index in [-0.39, 0.29) is 9.75 Å². The number of imidazole rings is 1. The highest BCUT2D eigenvalue weighted by Gasteiger charge is 2.18. The van der Waals surface area contributed by atoms with Crippen LogP contribution in [0.1, 0.15) is 26.3 Å². The summed E-state index contributed by atoms with van der Waals surface area (Å²) in [5, 5.41) is 9.01. The highest BCUT2D eigenvalue weighted by molar-refractivity contribution is 7.91. The molecule has 0 fully saturated rings. The molecular weight excluding hydrogens is 320 g/mol. The van der Waals surface area contributed by atoms with Gasteiger partial charge in [0.1, 0.15) is 0 Å². The van der Waals surface area contributed by atoms with Crippen LogP contribution in [-0.2, 0) is 15.4 Å². The van der Waals surface area contributed by atoms with Gasteiger partial charge in [0.15, 0.2) is 0 Å². The van der Waals surface area contributed by atoms with Crippen LogP contribution in [0.4, 0.5) is 0 Å². The van der Waals surface area contributed by atoms with Gasteiger partial charge in [0.2, 0.25) is 9.30 Å². The van der Waals surface area contributed by atoms with Gasteiger partial charge >= 0.3 is 0 Å². The maximum Gasteiger partial charge on any atom is 0.267 e. The van der Waals surface area contributed by atoms with Gasteiger partial charge in [-0.15, -0.1) is 5.10 Å². The average Bonchev–Trinajstić information content (AvgIpc) is 2.95. The Hall–Kier alpha value is -1.77. The molecule has 8 heteroatoms. The lowest BCUT2D eigenvalue weighted by atomic mass is 9.86. The third-order valence-electron chi connectivity index (χ3n) is 3.31. The van der Waals surface area contributed by atoms with Crippen LogP contribution in [0.25, 0.3) is 16.2 Å². The van der Waals surface area contributed by atoms with E-state index in [4.69, 9.17) is 5.14 Å². The number of primary sulfonamides is 1. The molecule has 0 aliphatic carbocycles. The summed E-state index contributed by atoms with van der Waals surface area (Å²) in [5.74, 6) is 0. The summed E-state index contributed by atoms with van der Waals surface area (Å²) < 4.78 is 23.9. The monoisotopic (exact) mass is 336 g/mol. The van der Waals surface area contributed by atoms with Crippen molar-refractivity contribution in [2.45, 2.75) is 30.5 Å². The number of fused-ring (bicyclic) bond motifs is 1. The molecule has 0 radical (unpaired) electrons. The highest BCUT2D eigenvalue weighted by Crippen LogP contribution is 2.27. The van der Waals surface area contributed by atoms with Gasteiger partial charge in [0.05, 0.1) is 11.9 Å². The molecule has 22 heavy (non-hydrogen) atoms. The van der Waals surface area contributed by atoms with Crippen LogP contribution in [-0.4, -0.2) is 23.0 Å². The van der Waals surface area contributed by atoms with Gasteiger partial charge in [-0.2, -0.15) is 0 Å². The van der Waals surface area contributed by atoms with Gasteiger partial charge in [0, 0.05) is 5.56 Å². The first-order valence-corrected chi connectivity index (χ1v) is 9.01. The predicted octanol–water partition coefficient (Wildman–Crippen LogP) is 2.40. The van der Waals surface area contributed by atoms with E-state index in [1.165, 1.54) is 10.1 Å². The molecule has 0 saturated heterocycles. The minimum atomic E-state index is -3.79. The second kappa shape index (κ2) is 4.87. The summed E-state index contributed by atoms with van der Waals surface area (Å²) in [4.78, 5) is 4.91. The molecule has 6 nitrogen and oxygen atoms in total. The molecule has 0 saturated carbocycles. The lowest BCUT2D eigenvalue weighted by Gasteiger charge is -2.18. The largest absolute Gasteiger partial charge is 0.267 e. The van der Waals surface area contributed by atoms with Gasteiger partial charge in [-0.25, -0.2) is 23.1 Å². The van der Waals surface area contributed by atoms with Gasteiger partial charge in [0.25, 0.3) is 10.0 Å². The number of nitrogens with two attached hydrogens (primary N) is 1. The third kappa shape index (κ3) is 2.77. The van der Waals surface area contributed by atoms with Crippen molar-refractivity contribution in [3.8, 4) is 11.3 Å². The Morgan fingerprint density at radius 2 is 1.82 bits per heavy atom. The first-order valence-electron chi connectivity index (χ1n) is 6.64. The van der Waals surface area contributed by atoms with Crippen molar-refractivity contribution in [3.63, 3.8) is 0 Å². The predicted molar refractivity (Wildman–Crippen MR) is 86.4 cm³/mol. The van der Waals surface area contributed by atoms with Gasteiger partial charge < -0.3 is 0 Å². The number of benzene rings is 1. The molecule has 2 aromatic heterocycles. The van der Waals surface area contributed by atoms with Crippen LogP contribution >= 0.6 is 11.3 Å². The molecule has 3 aromatic rings. The second-order valence-corrected chi connectivity index (χ2v) is 8.78. The SMILES string of the molecule is CC(C)(C)c1ccc(-c2cn3nc(S(N)(=O)=O)sc3n2)cc1. The summed E-state index contributed by atoms with van der Waals surface area (Å²) in [7, 11) is -3.79. The molecule has 0 aliphatic rings. The zero-order chi connectivity index (χ0) is 16.1. The molecule has 0 amide bonds. The Labute approximate surface area is 132 Å². The van der Waals surface area contributed by atoms with Gasteiger partial charge in [-0.05, 0) is 11.0 Å². The van der Waals surface area contributed by atoms with E-state index in [0.29, 0.717) is 4.96 Å². The number of sulfonamides is 1. The lowest BCUT2D eigenvalue weighted by molar-refractivity contribution is 0.590. The Morgan fingerprint density at radius 3 is 2.32 bits per heavy atom. The Kier molecular flexibility index (Phi) is 3.35. The lowest BCUT2D eigenvalue weighted by Crippen LogP contribution is -2.12. The minimum absolute atomic E-state index is 0.0962. The maximum absolute atomic E-state index is 11.3. The topological polar surface area (TPSA) is 90.4 Å². The molecule has 0 unspecified atom stereocenters. The van der Waals surface area contributed by atoms with E-state index in [2.05, 4.69) is 43.0 Å². The van der Waals surface area contributed by atoms with Crippen molar-refractivity contribution in [2.75, 3.05) is 0 Å². The van der Waals surface area contributed by atoms with E-state index in [1.807, 2.05) is 12.1 Å². The normalized spacial score (nSPS) is 12.9. The van der Waals surface area contributed by atoms with Gasteiger partial charge in [-0.1, -0.05) is 56.4 Å². The van der Waals surface area contributed by atoms with E-state index in [1.54, 1.807) is 6.20 Å². The van der Waals surface area contributed by atoms with Crippen molar-refractivity contribution < 1.29 is 8.42 Å². The number of hydrogen-bond acceptors (Lipinski definition) is 5. The molecule has 1 aromatic carbocycles. The Morgan fingerprint density at radius 1 is 1.18 bits per heavy atom. The van der Waals surface area contributed by atoms with Crippen LogP contribution in [0.2, 0.25) is 0 Å². The van der Waals surface area contributed by atoms with Crippen LogP contribution in [0.5, 0.6) is 0 Å². The van der Waals surface area contributed by atoms with E-state index < -0.39 is 10.0 Å². The first kappa shape index (κ1) is 15.1. The zero-order valence-corrected chi connectivity index (χ0v) is 14.1. The van der Waals surface area contributed by atoms with Crippen molar-refractivity contribution in [1.29, 1.82) is 0 Å². The fourth-order valence-corrected chi connectivity index (χ4v) is 3.58. The molecule has 116 valence electrons.